The molecule has 0 spiro atoms. The summed E-state index contributed by atoms with van der Waals surface area (Å²) in [6.45, 7) is 13.6. The van der Waals surface area contributed by atoms with E-state index in [0.717, 1.165) is 44.8 Å². The Balaban J connectivity index is 1.52. The average Bonchev–Trinajstić information content (AvgIpc) is 2.84. The largest absolute Gasteiger partial charge is 0.352 e. The van der Waals surface area contributed by atoms with Crippen LogP contribution in [0.25, 0.3) is 0 Å². The zero-order chi connectivity index (χ0) is 25.5. The number of piperazine rings is 1. The van der Waals surface area contributed by atoms with E-state index in [2.05, 4.69) is 64.8 Å². The molecule has 3 rings (SSSR count). The molecule has 35 heavy (non-hydrogen) atoms. The van der Waals surface area contributed by atoms with Gasteiger partial charge in [0.25, 0.3) is 0 Å². The lowest BCUT2D eigenvalue weighted by Crippen LogP contribution is -2.49. The summed E-state index contributed by atoms with van der Waals surface area (Å²) in [6, 6.07) is 12.6. The first-order chi connectivity index (χ1) is 16.6. The summed E-state index contributed by atoms with van der Waals surface area (Å²) < 4.78 is 25.7. The van der Waals surface area contributed by atoms with Crippen molar-refractivity contribution in [3.63, 3.8) is 0 Å². The summed E-state index contributed by atoms with van der Waals surface area (Å²) in [5.74, 6) is 1.13. The fraction of sp³-hybridized carbons (Fsp3) is 0.577. The van der Waals surface area contributed by atoms with Gasteiger partial charge in [0, 0.05) is 45.5 Å². The number of benzene rings is 1. The van der Waals surface area contributed by atoms with Crippen molar-refractivity contribution in [2.75, 3.05) is 49.9 Å². The maximum Gasteiger partial charge on any atom is 0.234 e. The lowest BCUT2D eigenvalue weighted by Gasteiger charge is -2.33. The van der Waals surface area contributed by atoms with E-state index in [9.17, 15) is 13.7 Å². The number of nitrogens with zero attached hydrogens (tertiary/aromatic N) is 6. The first-order valence-corrected chi connectivity index (χ1v) is 14.0. The van der Waals surface area contributed by atoms with E-state index in [-0.39, 0.29) is 17.0 Å². The van der Waals surface area contributed by atoms with Crippen molar-refractivity contribution in [1.82, 2.24) is 19.2 Å². The third kappa shape index (κ3) is 8.27. The molecule has 0 atom stereocenters. The van der Waals surface area contributed by atoms with Crippen LogP contribution in [-0.4, -0.2) is 72.6 Å². The molecule has 190 valence electrons. The molecular weight excluding hydrogens is 460 g/mol. The van der Waals surface area contributed by atoms with Gasteiger partial charge in [-0.25, -0.2) is 18.4 Å². The van der Waals surface area contributed by atoms with Gasteiger partial charge in [-0.2, -0.15) is 9.57 Å². The first kappa shape index (κ1) is 27.1. The number of hydrogen-bond acceptors (Lipinski definition) is 7. The minimum absolute atomic E-state index is 0.0733. The van der Waals surface area contributed by atoms with Gasteiger partial charge in [-0.3, -0.25) is 0 Å². The van der Waals surface area contributed by atoms with Crippen LogP contribution in [0, 0.1) is 16.7 Å². The second kappa shape index (κ2) is 11.9. The molecule has 0 radical (unpaired) electrons. The fourth-order valence-electron chi connectivity index (χ4n) is 4.32. The number of rotatable bonds is 10. The molecule has 0 N–H and O–H groups in total. The van der Waals surface area contributed by atoms with Gasteiger partial charge in [-0.1, -0.05) is 45.0 Å². The van der Waals surface area contributed by atoms with Crippen molar-refractivity contribution >= 4 is 15.8 Å². The first-order valence-electron chi connectivity index (χ1n) is 12.4. The van der Waals surface area contributed by atoms with E-state index in [4.69, 9.17) is 0 Å². The van der Waals surface area contributed by atoms with Crippen molar-refractivity contribution < 1.29 is 8.42 Å². The van der Waals surface area contributed by atoms with Gasteiger partial charge in [0.1, 0.15) is 11.9 Å². The average molecular weight is 499 g/mol. The zero-order valence-electron chi connectivity index (χ0n) is 21.4. The summed E-state index contributed by atoms with van der Waals surface area (Å²) in [4.78, 5) is 13.0. The van der Waals surface area contributed by atoms with E-state index in [0.29, 0.717) is 19.6 Å². The standard InChI is InChI=1S/C26H38N6O2S/c1-5-35(33,34)32-17-15-30(16-18-32)14-6-7-22-8-10-23(11-9-22)20-31(21-26(2,3)4)25-12-13-28-24(19-27)29-25/h8-13H,5-7,14-18,20-21H2,1-4H3. The van der Waals surface area contributed by atoms with Gasteiger partial charge in [0.05, 0.1) is 5.75 Å². The van der Waals surface area contributed by atoms with Crippen molar-refractivity contribution in [3.05, 3.63) is 53.5 Å². The Morgan fingerprint density at radius 1 is 1.06 bits per heavy atom. The summed E-state index contributed by atoms with van der Waals surface area (Å²) in [7, 11) is -3.07. The summed E-state index contributed by atoms with van der Waals surface area (Å²) in [6.07, 6.45) is 3.69. The minimum atomic E-state index is -3.07. The second-order valence-corrected chi connectivity index (χ2v) is 12.6. The van der Waals surface area contributed by atoms with Crippen LogP contribution in [0.15, 0.2) is 36.5 Å². The summed E-state index contributed by atoms with van der Waals surface area (Å²) >= 11 is 0. The summed E-state index contributed by atoms with van der Waals surface area (Å²) in [5, 5.41) is 9.18. The number of hydrogen-bond donors (Lipinski definition) is 0. The highest BCUT2D eigenvalue weighted by atomic mass is 32.2. The number of sulfonamides is 1. The molecule has 1 fully saturated rings. The second-order valence-electron chi connectivity index (χ2n) is 10.3. The van der Waals surface area contributed by atoms with E-state index >= 15 is 0 Å². The van der Waals surface area contributed by atoms with Gasteiger partial charge in [0.15, 0.2) is 0 Å². The van der Waals surface area contributed by atoms with E-state index in [1.165, 1.54) is 11.1 Å². The van der Waals surface area contributed by atoms with E-state index in [1.54, 1.807) is 17.4 Å². The Hall–Kier alpha value is -2.54. The molecule has 9 heteroatoms. The Morgan fingerprint density at radius 3 is 2.31 bits per heavy atom. The Bertz CT molecular complexity index is 1100. The maximum absolute atomic E-state index is 12.0. The highest BCUT2D eigenvalue weighted by Crippen LogP contribution is 2.22. The summed E-state index contributed by atoms with van der Waals surface area (Å²) in [5.41, 5.74) is 2.57. The maximum atomic E-state index is 12.0. The van der Waals surface area contributed by atoms with Crippen LogP contribution in [0.2, 0.25) is 0 Å². The van der Waals surface area contributed by atoms with Crippen LogP contribution in [-0.2, 0) is 23.0 Å². The Labute approximate surface area is 210 Å². The van der Waals surface area contributed by atoms with Crippen LogP contribution in [0.5, 0.6) is 0 Å². The molecule has 1 aliphatic rings. The lowest BCUT2D eigenvalue weighted by molar-refractivity contribution is 0.187. The SMILES string of the molecule is CCS(=O)(=O)N1CCN(CCCc2ccc(CN(CC(C)(C)C)c3ccnc(C#N)n3)cc2)CC1. The third-order valence-electron chi connectivity index (χ3n) is 6.16. The van der Waals surface area contributed by atoms with E-state index in [1.807, 2.05) is 12.1 Å². The van der Waals surface area contributed by atoms with Crippen LogP contribution in [0.4, 0.5) is 5.82 Å². The molecule has 0 unspecified atom stereocenters. The number of nitriles is 1. The van der Waals surface area contributed by atoms with Gasteiger partial charge < -0.3 is 9.80 Å². The van der Waals surface area contributed by atoms with Gasteiger partial charge in [0.2, 0.25) is 15.8 Å². The van der Waals surface area contributed by atoms with Gasteiger partial charge in [-0.05, 0) is 48.9 Å². The Kier molecular flexibility index (Phi) is 9.22. The molecule has 1 aromatic carbocycles. The van der Waals surface area contributed by atoms with Crippen molar-refractivity contribution in [2.45, 2.75) is 47.1 Å². The smallest absolute Gasteiger partial charge is 0.234 e. The molecule has 0 bridgehead atoms. The van der Waals surface area contributed by atoms with Crippen molar-refractivity contribution in [3.8, 4) is 6.07 Å². The van der Waals surface area contributed by atoms with E-state index < -0.39 is 10.0 Å². The van der Waals surface area contributed by atoms with Crippen LogP contribution in [0.1, 0.15) is 51.1 Å². The van der Waals surface area contributed by atoms with Crippen molar-refractivity contribution in [1.29, 1.82) is 5.26 Å². The molecule has 1 aliphatic heterocycles. The quantitative estimate of drug-likeness (QED) is 0.496. The molecule has 1 saturated heterocycles. The van der Waals surface area contributed by atoms with Gasteiger partial charge in [-0.15, -0.1) is 0 Å². The molecule has 2 aromatic rings. The topological polar surface area (TPSA) is 93.4 Å². The molecular formula is C26H38N6O2S. The molecule has 0 amide bonds. The van der Waals surface area contributed by atoms with Crippen LogP contribution >= 0.6 is 0 Å². The molecule has 1 aromatic heterocycles. The number of aromatic nitrogens is 2. The fourth-order valence-corrected chi connectivity index (χ4v) is 5.41. The monoisotopic (exact) mass is 498 g/mol. The normalized spacial score (nSPS) is 15.6. The molecule has 8 nitrogen and oxygen atoms in total. The predicted octanol–water partition coefficient (Wildman–Crippen LogP) is 3.30. The molecule has 0 saturated carbocycles. The minimum Gasteiger partial charge on any atom is -0.352 e. The van der Waals surface area contributed by atoms with Gasteiger partial charge >= 0.3 is 0 Å². The third-order valence-corrected chi connectivity index (χ3v) is 8.04. The van der Waals surface area contributed by atoms with Crippen LogP contribution in [0.3, 0.4) is 0 Å². The number of aryl methyl sites for hydroxylation is 1. The lowest BCUT2D eigenvalue weighted by atomic mass is 9.95. The molecule has 0 aliphatic carbocycles. The van der Waals surface area contributed by atoms with Crippen LogP contribution < -0.4 is 4.90 Å². The molecule has 2 heterocycles. The highest BCUT2D eigenvalue weighted by Gasteiger charge is 2.25. The van der Waals surface area contributed by atoms with Crippen molar-refractivity contribution in [2.24, 2.45) is 5.41 Å². The zero-order valence-corrected chi connectivity index (χ0v) is 22.3. The number of anilines is 1. The predicted molar refractivity (Wildman–Crippen MR) is 139 cm³/mol. The highest BCUT2D eigenvalue weighted by molar-refractivity contribution is 7.89. The Morgan fingerprint density at radius 2 is 1.71 bits per heavy atom.